The zero-order valence-corrected chi connectivity index (χ0v) is 16.6. The van der Waals surface area contributed by atoms with Crippen molar-refractivity contribution in [3.8, 4) is 0 Å². The first-order valence-electron chi connectivity index (χ1n) is 9.30. The molecular formula is C22H29NOS. The summed E-state index contributed by atoms with van der Waals surface area (Å²) in [6, 6.07) is 13.0. The number of hydrogen-bond donors (Lipinski definition) is 1. The van der Waals surface area contributed by atoms with Gasteiger partial charge in [-0.1, -0.05) is 63.9 Å². The normalized spacial score (nSPS) is 17.0. The lowest BCUT2D eigenvalue weighted by molar-refractivity contribution is 0.590. The second-order valence-electron chi connectivity index (χ2n) is 8.22. The number of rotatable bonds is 4. The number of benzene rings is 1. The van der Waals surface area contributed by atoms with Crippen LogP contribution in [0.3, 0.4) is 0 Å². The molecule has 3 rings (SSSR count). The Labute approximate surface area is 155 Å². The summed E-state index contributed by atoms with van der Waals surface area (Å²) in [7, 11) is 0. The molecule has 0 spiro atoms. The van der Waals surface area contributed by atoms with Crippen molar-refractivity contribution in [2.24, 2.45) is 0 Å². The van der Waals surface area contributed by atoms with E-state index < -0.39 is 0 Å². The van der Waals surface area contributed by atoms with Gasteiger partial charge in [0, 0.05) is 16.5 Å². The fourth-order valence-electron chi connectivity index (χ4n) is 3.42. The molecule has 1 unspecified atom stereocenters. The van der Waals surface area contributed by atoms with Crippen molar-refractivity contribution < 1.29 is 0 Å². The van der Waals surface area contributed by atoms with Crippen LogP contribution in [0.4, 0.5) is 0 Å². The topological polar surface area (TPSA) is 32.9 Å². The van der Waals surface area contributed by atoms with Crippen molar-refractivity contribution in [1.82, 2.24) is 4.98 Å². The molecule has 1 aliphatic rings. The highest BCUT2D eigenvalue weighted by Crippen LogP contribution is 2.42. The second kappa shape index (κ2) is 7.41. The molecule has 1 N–H and O–H groups in total. The van der Waals surface area contributed by atoms with Crippen molar-refractivity contribution >= 4 is 11.8 Å². The number of aryl methyl sites for hydroxylation is 1. The molecule has 3 heteroatoms. The van der Waals surface area contributed by atoms with Crippen molar-refractivity contribution in [2.45, 2.75) is 69.3 Å². The third-order valence-electron chi connectivity index (χ3n) is 5.12. The first-order chi connectivity index (χ1) is 11.8. The van der Waals surface area contributed by atoms with E-state index >= 15 is 0 Å². The average molecular weight is 356 g/mol. The monoisotopic (exact) mass is 355 g/mol. The Balaban J connectivity index is 1.95. The van der Waals surface area contributed by atoms with E-state index in [2.05, 4.69) is 56.1 Å². The highest BCUT2D eigenvalue weighted by Gasteiger charge is 2.24. The van der Waals surface area contributed by atoms with Gasteiger partial charge >= 0.3 is 0 Å². The number of aromatic amines is 1. The first kappa shape index (κ1) is 18.3. The number of nitrogens with one attached hydrogen (secondary N) is 1. The Kier molecular flexibility index (Phi) is 5.43. The van der Waals surface area contributed by atoms with Crippen LogP contribution in [-0.4, -0.2) is 10.2 Å². The van der Waals surface area contributed by atoms with Crippen LogP contribution in [0.25, 0.3) is 0 Å². The van der Waals surface area contributed by atoms with Gasteiger partial charge in [0.2, 0.25) is 0 Å². The summed E-state index contributed by atoms with van der Waals surface area (Å²) in [5, 5.41) is 0.891. The number of pyridine rings is 1. The van der Waals surface area contributed by atoms with Crippen LogP contribution in [0, 0.1) is 6.92 Å². The highest BCUT2D eigenvalue weighted by atomic mass is 32.2. The molecule has 0 saturated heterocycles. The van der Waals surface area contributed by atoms with Crippen LogP contribution in [0.2, 0.25) is 0 Å². The zero-order chi connectivity index (χ0) is 18.0. The van der Waals surface area contributed by atoms with Gasteiger partial charge in [0.05, 0.1) is 5.25 Å². The molecule has 0 aliphatic heterocycles. The Morgan fingerprint density at radius 1 is 1.04 bits per heavy atom. The van der Waals surface area contributed by atoms with Gasteiger partial charge in [0.15, 0.2) is 0 Å². The van der Waals surface area contributed by atoms with Crippen molar-refractivity contribution in [3.63, 3.8) is 0 Å². The molecule has 1 aromatic carbocycles. The summed E-state index contributed by atoms with van der Waals surface area (Å²) in [6.45, 7) is 8.58. The molecule has 1 aliphatic carbocycles. The number of H-pyrrole nitrogens is 1. The Morgan fingerprint density at radius 2 is 1.68 bits per heavy atom. The summed E-state index contributed by atoms with van der Waals surface area (Å²) in [4.78, 5) is 15.3. The molecule has 0 bridgehead atoms. The largest absolute Gasteiger partial charge is 0.325 e. The summed E-state index contributed by atoms with van der Waals surface area (Å²) in [6.07, 6.45) is 5.24. The summed E-state index contributed by atoms with van der Waals surface area (Å²) < 4.78 is 0. The molecule has 25 heavy (non-hydrogen) atoms. The van der Waals surface area contributed by atoms with Crippen LogP contribution >= 0.6 is 11.8 Å². The number of aromatic nitrogens is 1. The molecule has 1 atom stereocenters. The minimum atomic E-state index is 0.0285. The lowest BCUT2D eigenvalue weighted by atomic mass is 9.86. The maximum atomic E-state index is 12.1. The molecule has 1 aromatic heterocycles. The van der Waals surface area contributed by atoms with Crippen LogP contribution in [0.15, 0.2) is 41.2 Å². The molecule has 2 aromatic rings. The lowest BCUT2D eigenvalue weighted by Gasteiger charge is -2.23. The van der Waals surface area contributed by atoms with E-state index in [1.54, 1.807) is 0 Å². The van der Waals surface area contributed by atoms with Crippen LogP contribution in [0.1, 0.15) is 74.1 Å². The number of hydrogen-bond acceptors (Lipinski definition) is 2. The van der Waals surface area contributed by atoms with Crippen molar-refractivity contribution in [2.75, 3.05) is 0 Å². The number of thioether (sulfide) groups is 1. The predicted octanol–water partition coefficient (Wildman–Crippen LogP) is 5.75. The van der Waals surface area contributed by atoms with Gasteiger partial charge in [-0.15, -0.1) is 11.8 Å². The molecule has 1 saturated carbocycles. The van der Waals surface area contributed by atoms with Crippen molar-refractivity contribution in [1.29, 1.82) is 0 Å². The molecular weight excluding hydrogens is 326 g/mol. The average Bonchev–Trinajstić information content (AvgIpc) is 3.08. The van der Waals surface area contributed by atoms with E-state index in [-0.39, 0.29) is 16.2 Å². The Bertz CT molecular complexity index is 764. The highest BCUT2D eigenvalue weighted by molar-refractivity contribution is 8.00. The van der Waals surface area contributed by atoms with Crippen LogP contribution in [0.5, 0.6) is 0 Å². The minimum absolute atomic E-state index is 0.0285. The van der Waals surface area contributed by atoms with E-state index in [0.717, 1.165) is 11.3 Å². The van der Waals surface area contributed by atoms with E-state index in [1.807, 2.05) is 24.8 Å². The fourth-order valence-corrected chi connectivity index (χ4v) is 5.01. The summed E-state index contributed by atoms with van der Waals surface area (Å²) >= 11 is 2.02. The van der Waals surface area contributed by atoms with Crippen LogP contribution in [-0.2, 0) is 5.41 Å². The molecule has 1 fully saturated rings. The quantitative estimate of drug-likeness (QED) is 0.758. The summed E-state index contributed by atoms with van der Waals surface area (Å²) in [5.41, 5.74) is 4.61. The summed E-state index contributed by atoms with van der Waals surface area (Å²) in [5.74, 6) is 0. The van der Waals surface area contributed by atoms with Gasteiger partial charge in [0.1, 0.15) is 0 Å². The standard InChI is InChI=1S/C22H29NOS/c1-15-9-14-19(23-21(15)24)20(25-18-7-5-6-8-18)16-10-12-17(13-11-16)22(2,3)4/h9-14,18,20H,5-8H2,1-4H3,(H,23,24). The van der Waals surface area contributed by atoms with Gasteiger partial charge in [-0.2, -0.15) is 0 Å². The third-order valence-corrected chi connectivity index (χ3v) is 6.78. The Hall–Kier alpha value is -1.48. The second-order valence-corrected chi connectivity index (χ2v) is 9.63. The van der Waals surface area contributed by atoms with E-state index in [9.17, 15) is 4.79 Å². The fraction of sp³-hybridized carbons (Fsp3) is 0.500. The SMILES string of the molecule is Cc1ccc(C(SC2CCCC2)c2ccc(C(C)(C)C)cc2)[nH]c1=O. The molecule has 0 amide bonds. The predicted molar refractivity (Wildman–Crippen MR) is 109 cm³/mol. The van der Waals surface area contributed by atoms with E-state index in [4.69, 9.17) is 0 Å². The zero-order valence-electron chi connectivity index (χ0n) is 15.8. The lowest BCUT2D eigenvalue weighted by Crippen LogP contribution is -2.15. The van der Waals surface area contributed by atoms with Gasteiger partial charge in [-0.05, 0) is 42.4 Å². The van der Waals surface area contributed by atoms with Gasteiger partial charge in [0.25, 0.3) is 5.56 Å². The maximum Gasteiger partial charge on any atom is 0.251 e. The molecule has 1 heterocycles. The minimum Gasteiger partial charge on any atom is -0.325 e. The smallest absolute Gasteiger partial charge is 0.251 e. The molecule has 2 nitrogen and oxygen atoms in total. The molecule has 134 valence electrons. The maximum absolute atomic E-state index is 12.1. The first-order valence-corrected chi connectivity index (χ1v) is 10.2. The van der Waals surface area contributed by atoms with E-state index in [1.165, 1.54) is 36.8 Å². The third kappa shape index (κ3) is 4.38. The van der Waals surface area contributed by atoms with Gasteiger partial charge < -0.3 is 4.98 Å². The van der Waals surface area contributed by atoms with E-state index in [0.29, 0.717) is 5.25 Å². The van der Waals surface area contributed by atoms with Gasteiger partial charge in [-0.25, -0.2) is 0 Å². The van der Waals surface area contributed by atoms with Gasteiger partial charge in [-0.3, -0.25) is 4.79 Å². The molecule has 0 radical (unpaired) electrons. The van der Waals surface area contributed by atoms with Crippen LogP contribution < -0.4 is 5.56 Å². The van der Waals surface area contributed by atoms with Crippen molar-refractivity contribution in [3.05, 3.63) is 69.1 Å². The Morgan fingerprint density at radius 3 is 2.24 bits per heavy atom.